The maximum absolute atomic E-state index is 12.4. The van der Waals surface area contributed by atoms with Gasteiger partial charge in [0.1, 0.15) is 17.1 Å². The average Bonchev–Trinajstić information content (AvgIpc) is 3.19. The van der Waals surface area contributed by atoms with E-state index in [0.717, 1.165) is 18.9 Å². The summed E-state index contributed by atoms with van der Waals surface area (Å²) in [6.07, 6.45) is 8.49. The molecule has 1 aliphatic heterocycles. The van der Waals surface area contributed by atoms with E-state index < -0.39 is 5.97 Å². The van der Waals surface area contributed by atoms with Crippen LogP contribution in [-0.4, -0.2) is 28.1 Å². The number of carbonyl (C=O) groups is 2. The van der Waals surface area contributed by atoms with E-state index in [0.29, 0.717) is 11.8 Å². The lowest BCUT2D eigenvalue weighted by atomic mass is 10.00. The second kappa shape index (κ2) is 6.51. The number of benzene rings is 1. The van der Waals surface area contributed by atoms with E-state index in [1.807, 2.05) is 13.0 Å². The quantitative estimate of drug-likeness (QED) is 0.715. The number of hydrogen-bond acceptors (Lipinski definition) is 5. The summed E-state index contributed by atoms with van der Waals surface area (Å²) in [7, 11) is 0. The molecule has 2 aliphatic rings. The number of allylic oxidation sites excluding steroid dienone is 4. The number of esters is 1. The molecule has 3 atom stereocenters. The maximum atomic E-state index is 12.4. The molecule has 5 heteroatoms. The van der Waals surface area contributed by atoms with Gasteiger partial charge in [0.05, 0.1) is 6.10 Å². The Hall–Kier alpha value is -2.56. The van der Waals surface area contributed by atoms with Gasteiger partial charge in [-0.2, -0.15) is 0 Å². The molecular weight excluding hydrogens is 308 g/mol. The minimum atomic E-state index is -0.670. The highest BCUT2D eigenvalue weighted by molar-refractivity contribution is 5.98. The fourth-order valence-corrected chi connectivity index (χ4v) is 3.15. The monoisotopic (exact) mass is 328 g/mol. The Bertz CT molecular complexity index is 732. The molecule has 0 spiro atoms. The number of phenols is 2. The van der Waals surface area contributed by atoms with E-state index in [9.17, 15) is 19.8 Å². The number of ether oxygens (including phenoxy) is 1. The first-order valence-corrected chi connectivity index (χ1v) is 8.07. The van der Waals surface area contributed by atoms with Gasteiger partial charge >= 0.3 is 5.97 Å². The van der Waals surface area contributed by atoms with Crippen molar-refractivity contribution in [2.75, 3.05) is 0 Å². The number of fused-ring (bicyclic) bond motifs is 2. The Morgan fingerprint density at radius 3 is 2.71 bits per heavy atom. The highest BCUT2D eigenvalue weighted by Gasteiger charge is 2.36. The molecular formula is C19H20O5. The van der Waals surface area contributed by atoms with Gasteiger partial charge in [-0.1, -0.05) is 18.2 Å². The molecule has 24 heavy (non-hydrogen) atoms. The predicted molar refractivity (Wildman–Crippen MR) is 87.9 cm³/mol. The third-order valence-electron chi connectivity index (χ3n) is 4.42. The van der Waals surface area contributed by atoms with Gasteiger partial charge < -0.3 is 14.9 Å². The number of aromatic hydroxyl groups is 2. The lowest BCUT2D eigenvalue weighted by Crippen LogP contribution is -2.18. The number of ketones is 1. The fourth-order valence-electron chi connectivity index (χ4n) is 3.15. The van der Waals surface area contributed by atoms with Gasteiger partial charge in [0.15, 0.2) is 5.78 Å². The van der Waals surface area contributed by atoms with E-state index in [4.69, 9.17) is 4.74 Å². The van der Waals surface area contributed by atoms with Crippen molar-refractivity contribution < 1.29 is 24.5 Å². The summed E-state index contributed by atoms with van der Waals surface area (Å²) >= 11 is 0. The Labute approximate surface area is 140 Å². The second-order valence-corrected chi connectivity index (χ2v) is 6.50. The number of cyclic esters (lactones) is 1. The van der Waals surface area contributed by atoms with Crippen LogP contribution in [0.4, 0.5) is 0 Å². The number of hydrogen-bond donors (Lipinski definition) is 2. The molecule has 0 bridgehead atoms. The molecule has 1 aromatic rings. The summed E-state index contributed by atoms with van der Waals surface area (Å²) in [5.74, 6) is -0.538. The van der Waals surface area contributed by atoms with Crippen molar-refractivity contribution in [1.29, 1.82) is 0 Å². The predicted octanol–water partition coefficient (Wildman–Crippen LogP) is 2.91. The van der Waals surface area contributed by atoms with Crippen LogP contribution in [0.2, 0.25) is 0 Å². The van der Waals surface area contributed by atoms with Gasteiger partial charge in [0.25, 0.3) is 0 Å². The number of carbonyl (C=O) groups excluding carboxylic acids is 2. The maximum Gasteiger partial charge on any atom is 0.342 e. The summed E-state index contributed by atoms with van der Waals surface area (Å²) in [4.78, 5) is 24.5. The molecule has 5 nitrogen and oxygen atoms in total. The van der Waals surface area contributed by atoms with Crippen LogP contribution < -0.4 is 0 Å². The van der Waals surface area contributed by atoms with E-state index in [1.165, 1.54) is 12.1 Å². The molecule has 1 aliphatic carbocycles. The smallest absolute Gasteiger partial charge is 0.342 e. The molecule has 0 aromatic heterocycles. The highest BCUT2D eigenvalue weighted by Crippen LogP contribution is 2.43. The van der Waals surface area contributed by atoms with Gasteiger partial charge in [-0.25, -0.2) is 4.79 Å². The van der Waals surface area contributed by atoms with Crippen LogP contribution in [-0.2, 0) is 16.0 Å². The van der Waals surface area contributed by atoms with Gasteiger partial charge in [-0.05, 0) is 49.3 Å². The first-order chi connectivity index (χ1) is 11.4. The normalized spacial score (nSPS) is 29.6. The van der Waals surface area contributed by atoms with Crippen molar-refractivity contribution >= 4 is 11.8 Å². The molecule has 3 rings (SSSR count). The zero-order valence-corrected chi connectivity index (χ0v) is 13.4. The van der Waals surface area contributed by atoms with Crippen LogP contribution in [0.15, 0.2) is 36.4 Å². The molecule has 2 N–H and O–H groups in total. The highest BCUT2D eigenvalue weighted by atomic mass is 16.5. The summed E-state index contributed by atoms with van der Waals surface area (Å²) in [5, 5.41) is 19.7. The van der Waals surface area contributed by atoms with E-state index >= 15 is 0 Å². The van der Waals surface area contributed by atoms with Crippen molar-refractivity contribution in [3.05, 3.63) is 47.6 Å². The van der Waals surface area contributed by atoms with Crippen LogP contribution in [0.5, 0.6) is 11.5 Å². The minimum Gasteiger partial charge on any atom is -0.508 e. The first-order valence-electron chi connectivity index (χ1n) is 8.07. The molecule has 0 radical (unpaired) electrons. The Morgan fingerprint density at radius 1 is 1.12 bits per heavy atom. The molecule has 1 fully saturated rings. The Kier molecular flexibility index (Phi) is 4.42. The standard InChI is InChI=1S/C19H20O5/c1-11-6-13-7-12(13)4-2-3-5-15(20)8-14-9-16(21)10-17(22)18(14)19(23)24-11/h2-5,9-13,21-22H,6-8H2,1H3/b4-2+,5-3-/t11-,12+,13+/m1/s1. The van der Waals surface area contributed by atoms with E-state index in [1.54, 1.807) is 6.08 Å². The van der Waals surface area contributed by atoms with Crippen LogP contribution in [0.25, 0.3) is 0 Å². The van der Waals surface area contributed by atoms with Crippen molar-refractivity contribution in [2.45, 2.75) is 32.3 Å². The summed E-state index contributed by atoms with van der Waals surface area (Å²) < 4.78 is 5.44. The lowest BCUT2D eigenvalue weighted by molar-refractivity contribution is -0.114. The van der Waals surface area contributed by atoms with Gasteiger partial charge in [-0.3, -0.25) is 4.79 Å². The molecule has 0 saturated heterocycles. The van der Waals surface area contributed by atoms with Crippen molar-refractivity contribution in [1.82, 2.24) is 0 Å². The van der Waals surface area contributed by atoms with E-state index in [2.05, 4.69) is 6.08 Å². The van der Waals surface area contributed by atoms with Gasteiger partial charge in [-0.15, -0.1) is 0 Å². The molecule has 1 heterocycles. The van der Waals surface area contributed by atoms with Crippen LogP contribution in [0, 0.1) is 11.8 Å². The molecule has 126 valence electrons. The number of rotatable bonds is 0. The first kappa shape index (κ1) is 16.3. The van der Waals surface area contributed by atoms with E-state index in [-0.39, 0.29) is 40.9 Å². The minimum absolute atomic E-state index is 0.0543. The average molecular weight is 328 g/mol. The SMILES string of the molecule is C[C@@H]1C[C@H]2C[C@@H]2/C=C/C=C\C(=O)Cc2cc(O)cc(O)c2C(=O)O1. The molecule has 0 unspecified atom stereocenters. The topological polar surface area (TPSA) is 83.8 Å². The summed E-state index contributed by atoms with van der Waals surface area (Å²) in [5.41, 5.74) is 0.200. The summed E-state index contributed by atoms with van der Waals surface area (Å²) in [6.45, 7) is 1.82. The molecule has 0 amide bonds. The third kappa shape index (κ3) is 3.67. The van der Waals surface area contributed by atoms with Gasteiger partial charge in [0, 0.05) is 12.5 Å². The van der Waals surface area contributed by atoms with Crippen molar-refractivity contribution in [3.63, 3.8) is 0 Å². The number of phenolic OH excluding ortho intramolecular Hbond substituents is 2. The van der Waals surface area contributed by atoms with Crippen molar-refractivity contribution in [3.8, 4) is 11.5 Å². The largest absolute Gasteiger partial charge is 0.508 e. The van der Waals surface area contributed by atoms with Crippen LogP contribution >= 0.6 is 0 Å². The zero-order chi connectivity index (χ0) is 17.3. The molecule has 1 aromatic carbocycles. The molecule has 1 saturated carbocycles. The lowest BCUT2D eigenvalue weighted by Gasteiger charge is -2.16. The Balaban J connectivity index is 1.96. The third-order valence-corrected chi connectivity index (χ3v) is 4.42. The Morgan fingerprint density at radius 2 is 1.92 bits per heavy atom. The van der Waals surface area contributed by atoms with Crippen LogP contribution in [0.3, 0.4) is 0 Å². The van der Waals surface area contributed by atoms with Crippen LogP contribution in [0.1, 0.15) is 35.7 Å². The fraction of sp³-hybridized carbons (Fsp3) is 0.368. The van der Waals surface area contributed by atoms with Crippen molar-refractivity contribution in [2.24, 2.45) is 11.8 Å². The van der Waals surface area contributed by atoms with Gasteiger partial charge in [0.2, 0.25) is 0 Å². The zero-order valence-electron chi connectivity index (χ0n) is 13.4. The second-order valence-electron chi connectivity index (χ2n) is 6.50. The summed E-state index contributed by atoms with van der Waals surface area (Å²) in [6, 6.07) is 2.39.